The largest absolute Gasteiger partial charge is 0.238 e. The topological polar surface area (TPSA) is 0 Å². The standard InChI is InChI=1S/C11H8F6/c1-3-4(2)11(3,17)5-6(12)8(14)10(16)9(15)7(5)13/h3-4H,1-2H3. The van der Waals surface area contributed by atoms with Gasteiger partial charge in [0.2, 0.25) is 5.82 Å². The number of halogens is 6. The van der Waals surface area contributed by atoms with Gasteiger partial charge in [-0.05, 0) is 0 Å². The molecule has 2 rings (SSSR count). The van der Waals surface area contributed by atoms with Gasteiger partial charge in [0.25, 0.3) is 0 Å². The SMILES string of the molecule is CC1C(C)C1(F)c1c(F)c(F)c(F)c(F)c1F. The van der Waals surface area contributed by atoms with Crippen LogP contribution in [-0.4, -0.2) is 0 Å². The molecule has 1 aliphatic carbocycles. The predicted octanol–water partition coefficient (Wildman–Crippen LogP) is 3.83. The first-order chi connectivity index (χ1) is 7.74. The van der Waals surface area contributed by atoms with E-state index < -0.39 is 52.2 Å². The van der Waals surface area contributed by atoms with Crippen molar-refractivity contribution in [3.63, 3.8) is 0 Å². The van der Waals surface area contributed by atoms with Gasteiger partial charge in [0, 0.05) is 11.8 Å². The molecule has 0 bridgehead atoms. The second-order valence-electron chi connectivity index (χ2n) is 4.29. The fourth-order valence-corrected chi connectivity index (χ4v) is 2.12. The van der Waals surface area contributed by atoms with Crippen molar-refractivity contribution in [2.45, 2.75) is 19.5 Å². The summed E-state index contributed by atoms with van der Waals surface area (Å²) in [4.78, 5) is 0. The maximum atomic E-state index is 14.1. The number of hydrogen-bond donors (Lipinski definition) is 0. The van der Waals surface area contributed by atoms with E-state index in [9.17, 15) is 26.3 Å². The van der Waals surface area contributed by atoms with Gasteiger partial charge in [-0.3, -0.25) is 0 Å². The van der Waals surface area contributed by atoms with E-state index in [1.54, 1.807) is 0 Å². The van der Waals surface area contributed by atoms with Crippen molar-refractivity contribution < 1.29 is 26.3 Å². The van der Waals surface area contributed by atoms with Crippen molar-refractivity contribution in [3.05, 3.63) is 34.6 Å². The lowest BCUT2D eigenvalue weighted by Gasteiger charge is -2.12. The zero-order valence-corrected chi connectivity index (χ0v) is 8.92. The monoisotopic (exact) mass is 254 g/mol. The molecule has 2 unspecified atom stereocenters. The molecular weight excluding hydrogens is 246 g/mol. The summed E-state index contributed by atoms with van der Waals surface area (Å²) in [6.45, 7) is 2.70. The maximum Gasteiger partial charge on any atom is 0.200 e. The smallest absolute Gasteiger partial charge is 0.200 e. The van der Waals surface area contributed by atoms with Crippen molar-refractivity contribution in [2.24, 2.45) is 11.8 Å². The fourth-order valence-electron chi connectivity index (χ4n) is 2.12. The zero-order chi connectivity index (χ0) is 13.1. The van der Waals surface area contributed by atoms with Crippen LogP contribution in [0.15, 0.2) is 0 Å². The summed E-state index contributed by atoms with van der Waals surface area (Å²) < 4.78 is 79.3. The molecule has 0 heterocycles. The van der Waals surface area contributed by atoms with Crippen molar-refractivity contribution >= 4 is 0 Å². The van der Waals surface area contributed by atoms with Gasteiger partial charge in [0.15, 0.2) is 23.3 Å². The van der Waals surface area contributed by atoms with Gasteiger partial charge in [0.05, 0.1) is 5.56 Å². The lowest BCUT2D eigenvalue weighted by molar-refractivity contribution is 0.244. The zero-order valence-electron chi connectivity index (χ0n) is 8.92. The van der Waals surface area contributed by atoms with Gasteiger partial charge in [-0.25, -0.2) is 26.3 Å². The van der Waals surface area contributed by atoms with Crippen LogP contribution in [0.3, 0.4) is 0 Å². The molecule has 6 heteroatoms. The van der Waals surface area contributed by atoms with Crippen molar-refractivity contribution in [1.82, 2.24) is 0 Å². The van der Waals surface area contributed by atoms with E-state index in [2.05, 4.69) is 0 Å². The minimum absolute atomic E-state index is 0.782. The molecule has 1 aliphatic rings. The summed E-state index contributed by atoms with van der Waals surface area (Å²) >= 11 is 0. The Hall–Kier alpha value is -1.20. The Labute approximate surface area is 93.2 Å². The molecule has 1 aromatic rings. The van der Waals surface area contributed by atoms with Crippen LogP contribution in [0.4, 0.5) is 26.3 Å². The Bertz CT molecular complexity index is 458. The Morgan fingerprint density at radius 2 is 1.00 bits per heavy atom. The van der Waals surface area contributed by atoms with Crippen LogP contribution in [0.2, 0.25) is 0 Å². The second kappa shape index (κ2) is 3.40. The van der Waals surface area contributed by atoms with Crippen LogP contribution in [0, 0.1) is 40.9 Å². The molecule has 2 atom stereocenters. The maximum absolute atomic E-state index is 14.1. The highest BCUT2D eigenvalue weighted by Gasteiger charge is 2.64. The van der Waals surface area contributed by atoms with E-state index in [0.29, 0.717) is 0 Å². The Morgan fingerprint density at radius 3 is 1.29 bits per heavy atom. The third-order valence-corrected chi connectivity index (χ3v) is 3.56. The molecular formula is C11H8F6. The summed E-state index contributed by atoms with van der Waals surface area (Å²) in [6.07, 6.45) is 0. The van der Waals surface area contributed by atoms with Gasteiger partial charge < -0.3 is 0 Å². The summed E-state index contributed by atoms with van der Waals surface area (Å²) in [5, 5.41) is 0. The number of alkyl halides is 1. The van der Waals surface area contributed by atoms with Crippen LogP contribution >= 0.6 is 0 Å². The third kappa shape index (κ3) is 1.32. The molecule has 0 saturated heterocycles. The summed E-state index contributed by atoms with van der Waals surface area (Å²) in [6, 6.07) is 0. The van der Waals surface area contributed by atoms with Gasteiger partial charge in [-0.15, -0.1) is 0 Å². The minimum atomic E-state index is -2.48. The molecule has 0 nitrogen and oxygen atoms in total. The molecule has 1 fully saturated rings. The van der Waals surface area contributed by atoms with E-state index in [-0.39, 0.29) is 0 Å². The van der Waals surface area contributed by atoms with Crippen LogP contribution in [0.1, 0.15) is 19.4 Å². The lowest BCUT2D eigenvalue weighted by atomic mass is 10.0. The van der Waals surface area contributed by atoms with Crippen LogP contribution in [0.25, 0.3) is 0 Å². The summed E-state index contributed by atoms with van der Waals surface area (Å²) in [7, 11) is 0. The van der Waals surface area contributed by atoms with Crippen molar-refractivity contribution in [1.29, 1.82) is 0 Å². The average Bonchev–Trinajstić information content (AvgIpc) is 2.76. The summed E-state index contributed by atoms with van der Waals surface area (Å²) in [5.41, 5.74) is -3.84. The average molecular weight is 254 g/mol. The molecule has 0 spiro atoms. The number of rotatable bonds is 1. The van der Waals surface area contributed by atoms with E-state index in [1.165, 1.54) is 13.8 Å². The third-order valence-electron chi connectivity index (χ3n) is 3.56. The molecule has 1 saturated carbocycles. The number of benzene rings is 1. The number of hydrogen-bond acceptors (Lipinski definition) is 0. The predicted molar refractivity (Wildman–Crippen MR) is 47.3 cm³/mol. The molecule has 0 aromatic heterocycles. The van der Waals surface area contributed by atoms with Gasteiger partial charge in [-0.2, -0.15) is 0 Å². The van der Waals surface area contributed by atoms with E-state index in [0.717, 1.165) is 0 Å². The Morgan fingerprint density at radius 1 is 0.706 bits per heavy atom. The van der Waals surface area contributed by atoms with E-state index in [4.69, 9.17) is 0 Å². The van der Waals surface area contributed by atoms with Crippen molar-refractivity contribution in [2.75, 3.05) is 0 Å². The molecule has 17 heavy (non-hydrogen) atoms. The quantitative estimate of drug-likeness (QED) is 0.406. The molecule has 0 aliphatic heterocycles. The van der Waals surface area contributed by atoms with Crippen LogP contribution in [-0.2, 0) is 5.67 Å². The van der Waals surface area contributed by atoms with Gasteiger partial charge in [-0.1, -0.05) is 13.8 Å². The summed E-state index contributed by atoms with van der Waals surface area (Å²) in [5.74, 6) is -12.2. The molecule has 0 N–H and O–H groups in total. The highest BCUT2D eigenvalue weighted by molar-refractivity contribution is 5.36. The van der Waals surface area contributed by atoms with Gasteiger partial charge in [0.1, 0.15) is 5.67 Å². The van der Waals surface area contributed by atoms with Crippen molar-refractivity contribution in [3.8, 4) is 0 Å². The van der Waals surface area contributed by atoms with E-state index >= 15 is 0 Å². The first kappa shape index (κ1) is 12.3. The Kier molecular flexibility index (Phi) is 2.45. The highest BCUT2D eigenvalue weighted by Crippen LogP contribution is 2.62. The lowest BCUT2D eigenvalue weighted by Crippen LogP contribution is -2.15. The normalized spacial score (nSPS) is 31.8. The highest BCUT2D eigenvalue weighted by atomic mass is 19.2. The minimum Gasteiger partial charge on any atom is -0.238 e. The van der Waals surface area contributed by atoms with Gasteiger partial charge >= 0.3 is 0 Å². The fraction of sp³-hybridized carbons (Fsp3) is 0.455. The second-order valence-corrected chi connectivity index (χ2v) is 4.29. The van der Waals surface area contributed by atoms with Crippen LogP contribution < -0.4 is 0 Å². The first-order valence-corrected chi connectivity index (χ1v) is 4.95. The Balaban J connectivity index is 2.72. The molecule has 94 valence electrons. The first-order valence-electron chi connectivity index (χ1n) is 4.95. The molecule has 0 radical (unpaired) electrons. The molecule has 0 amide bonds. The van der Waals surface area contributed by atoms with E-state index in [1.807, 2.05) is 0 Å². The molecule has 1 aromatic carbocycles. The van der Waals surface area contributed by atoms with Crippen LogP contribution in [0.5, 0.6) is 0 Å².